The van der Waals surface area contributed by atoms with Crippen molar-refractivity contribution in [3.05, 3.63) is 23.8 Å². The van der Waals surface area contributed by atoms with Crippen molar-refractivity contribution in [2.75, 3.05) is 24.5 Å². The summed E-state index contributed by atoms with van der Waals surface area (Å²) < 4.78 is 27.5. The Balaban J connectivity index is 2.08. The van der Waals surface area contributed by atoms with E-state index in [1.54, 1.807) is 21.9 Å². The van der Waals surface area contributed by atoms with E-state index >= 15 is 0 Å². The first-order chi connectivity index (χ1) is 12.2. The summed E-state index contributed by atoms with van der Waals surface area (Å²) in [5.41, 5.74) is 1.61. The highest BCUT2D eigenvalue weighted by Crippen LogP contribution is 2.33. The molecule has 0 aromatic heterocycles. The van der Waals surface area contributed by atoms with Crippen LogP contribution in [0.5, 0.6) is 0 Å². The highest BCUT2D eigenvalue weighted by atomic mass is 32.2. The number of fused-ring (bicyclic) bond motifs is 1. The highest BCUT2D eigenvalue weighted by molar-refractivity contribution is 7.89. The summed E-state index contributed by atoms with van der Waals surface area (Å²) in [7, 11) is -3.70. The molecule has 1 aliphatic heterocycles. The van der Waals surface area contributed by atoms with Gasteiger partial charge in [-0.1, -0.05) is 0 Å². The van der Waals surface area contributed by atoms with Crippen molar-refractivity contribution in [1.82, 2.24) is 9.62 Å². The summed E-state index contributed by atoms with van der Waals surface area (Å²) >= 11 is 0. The molecular weight excluding hydrogens is 354 g/mol. The Kier molecular flexibility index (Phi) is 6.41. The number of hydrogen-bond acceptors (Lipinski definition) is 4. The Morgan fingerprint density at radius 2 is 1.92 bits per heavy atom. The van der Waals surface area contributed by atoms with Crippen molar-refractivity contribution < 1.29 is 18.0 Å². The number of anilines is 1. The van der Waals surface area contributed by atoms with Gasteiger partial charge in [-0.15, -0.1) is 0 Å². The van der Waals surface area contributed by atoms with Crippen molar-refractivity contribution in [2.24, 2.45) is 0 Å². The van der Waals surface area contributed by atoms with Crippen LogP contribution in [0.25, 0.3) is 0 Å². The molecule has 144 valence electrons. The molecule has 1 aromatic carbocycles. The minimum atomic E-state index is -3.70. The van der Waals surface area contributed by atoms with Crippen molar-refractivity contribution in [3.63, 3.8) is 0 Å². The fourth-order valence-electron chi connectivity index (χ4n) is 3.36. The van der Waals surface area contributed by atoms with Gasteiger partial charge in [-0.05, 0) is 51.0 Å². The van der Waals surface area contributed by atoms with Crippen LogP contribution >= 0.6 is 0 Å². The van der Waals surface area contributed by atoms with Crippen LogP contribution in [0, 0.1) is 0 Å². The lowest BCUT2D eigenvalue weighted by atomic mass is 10.1. The third kappa shape index (κ3) is 4.24. The number of sulfonamides is 1. The molecule has 0 bridgehead atoms. The molecule has 8 heteroatoms. The Labute approximate surface area is 155 Å². The summed E-state index contributed by atoms with van der Waals surface area (Å²) in [6, 6.07) is 4.81. The van der Waals surface area contributed by atoms with E-state index in [-0.39, 0.29) is 35.7 Å². The van der Waals surface area contributed by atoms with Crippen molar-refractivity contribution >= 4 is 27.5 Å². The van der Waals surface area contributed by atoms with Gasteiger partial charge in [-0.25, -0.2) is 13.1 Å². The molecule has 2 rings (SSSR count). The molecule has 26 heavy (non-hydrogen) atoms. The van der Waals surface area contributed by atoms with Gasteiger partial charge in [-0.3, -0.25) is 9.59 Å². The van der Waals surface area contributed by atoms with Crippen LogP contribution in [0.15, 0.2) is 23.1 Å². The zero-order valence-corrected chi connectivity index (χ0v) is 16.6. The lowest BCUT2D eigenvalue weighted by Gasteiger charge is -2.20. The predicted molar refractivity (Wildman–Crippen MR) is 101 cm³/mol. The number of amides is 2. The normalized spacial score (nSPS) is 16.5. The average molecular weight is 381 g/mol. The number of hydrogen-bond donors (Lipinski definition) is 1. The second-order valence-electron chi connectivity index (χ2n) is 6.45. The third-order valence-corrected chi connectivity index (χ3v) is 6.12. The van der Waals surface area contributed by atoms with Crippen LogP contribution in [-0.2, 0) is 26.0 Å². The first-order valence-corrected chi connectivity index (χ1v) is 10.4. The number of rotatable bonds is 7. The van der Waals surface area contributed by atoms with Gasteiger partial charge in [0.1, 0.15) is 0 Å². The second-order valence-corrected chi connectivity index (χ2v) is 8.21. The van der Waals surface area contributed by atoms with Gasteiger partial charge in [0, 0.05) is 44.7 Å². The molecule has 0 unspecified atom stereocenters. The van der Waals surface area contributed by atoms with Crippen LogP contribution < -0.4 is 9.62 Å². The molecule has 1 aliphatic rings. The van der Waals surface area contributed by atoms with Crippen molar-refractivity contribution in [3.8, 4) is 0 Å². The molecule has 1 atom stereocenters. The lowest BCUT2D eigenvalue weighted by molar-refractivity contribution is -0.130. The molecule has 0 fully saturated rings. The maximum Gasteiger partial charge on any atom is 0.240 e. The zero-order valence-electron chi connectivity index (χ0n) is 15.8. The van der Waals surface area contributed by atoms with Gasteiger partial charge in [0.2, 0.25) is 21.8 Å². The van der Waals surface area contributed by atoms with Crippen LogP contribution in [0.4, 0.5) is 5.69 Å². The standard InChI is InChI=1S/C18H27N3O4S/c1-5-20(6-2)18(23)9-10-19-26(24,25)16-7-8-17-15(12-16)11-13(3)21(17)14(4)22/h7-8,12-13,19H,5-6,9-11H2,1-4H3/t13-/m0/s1. The molecule has 1 aromatic rings. The van der Waals surface area contributed by atoms with Gasteiger partial charge in [0.25, 0.3) is 0 Å². The van der Waals surface area contributed by atoms with Crippen molar-refractivity contribution in [2.45, 2.75) is 51.5 Å². The maximum atomic E-state index is 12.5. The lowest BCUT2D eigenvalue weighted by Crippen LogP contribution is -2.34. The third-order valence-electron chi connectivity index (χ3n) is 4.66. The maximum absolute atomic E-state index is 12.5. The largest absolute Gasteiger partial charge is 0.343 e. The SMILES string of the molecule is CCN(CC)C(=O)CCNS(=O)(=O)c1ccc2c(c1)C[C@H](C)N2C(C)=O. The predicted octanol–water partition coefficient (Wildman–Crippen LogP) is 1.52. The summed E-state index contributed by atoms with van der Waals surface area (Å²) in [5, 5.41) is 0. The number of carbonyl (C=O) groups is 2. The minimum absolute atomic E-state index is 0.0140. The van der Waals surface area contributed by atoms with Gasteiger partial charge < -0.3 is 9.80 Å². The number of nitrogens with one attached hydrogen (secondary N) is 1. The molecule has 2 amide bonds. The fourth-order valence-corrected chi connectivity index (χ4v) is 4.45. The first-order valence-electron chi connectivity index (χ1n) is 8.91. The zero-order chi connectivity index (χ0) is 19.5. The van der Waals surface area contributed by atoms with Crippen LogP contribution in [0.2, 0.25) is 0 Å². The van der Waals surface area contributed by atoms with E-state index in [9.17, 15) is 18.0 Å². The average Bonchev–Trinajstić information content (AvgIpc) is 2.90. The van der Waals surface area contributed by atoms with Gasteiger partial charge >= 0.3 is 0 Å². The van der Waals surface area contributed by atoms with E-state index in [1.165, 1.54) is 13.0 Å². The quantitative estimate of drug-likeness (QED) is 0.776. The van der Waals surface area contributed by atoms with E-state index in [0.717, 1.165) is 11.3 Å². The minimum Gasteiger partial charge on any atom is -0.343 e. The summed E-state index contributed by atoms with van der Waals surface area (Å²) in [6.45, 7) is 8.50. The van der Waals surface area contributed by atoms with E-state index in [2.05, 4.69) is 4.72 Å². The molecule has 0 spiro atoms. The van der Waals surface area contributed by atoms with E-state index in [1.807, 2.05) is 20.8 Å². The molecule has 0 radical (unpaired) electrons. The summed E-state index contributed by atoms with van der Waals surface area (Å²) in [6.07, 6.45) is 0.750. The topological polar surface area (TPSA) is 86.8 Å². The molecule has 0 saturated carbocycles. The Hall–Kier alpha value is -1.93. The first kappa shape index (κ1) is 20.4. The molecule has 1 heterocycles. The number of benzene rings is 1. The van der Waals surface area contributed by atoms with E-state index < -0.39 is 10.0 Å². The molecular formula is C18H27N3O4S. The molecule has 0 saturated heterocycles. The second kappa shape index (κ2) is 8.18. The summed E-state index contributed by atoms with van der Waals surface area (Å²) in [5.74, 6) is -0.127. The van der Waals surface area contributed by atoms with Crippen LogP contribution in [0.3, 0.4) is 0 Å². The monoisotopic (exact) mass is 381 g/mol. The Bertz CT molecular complexity index is 788. The van der Waals surface area contributed by atoms with Crippen molar-refractivity contribution in [1.29, 1.82) is 0 Å². The molecule has 0 aliphatic carbocycles. The van der Waals surface area contributed by atoms with Gasteiger partial charge in [-0.2, -0.15) is 0 Å². The van der Waals surface area contributed by atoms with Gasteiger partial charge in [0.05, 0.1) is 4.90 Å². The fraction of sp³-hybridized carbons (Fsp3) is 0.556. The highest BCUT2D eigenvalue weighted by Gasteiger charge is 2.30. The van der Waals surface area contributed by atoms with Gasteiger partial charge in [0.15, 0.2) is 0 Å². The van der Waals surface area contributed by atoms with Crippen LogP contribution in [0.1, 0.15) is 39.7 Å². The van der Waals surface area contributed by atoms with E-state index in [4.69, 9.17) is 0 Å². The molecule has 7 nitrogen and oxygen atoms in total. The summed E-state index contributed by atoms with van der Waals surface area (Å²) in [4.78, 5) is 27.2. The Morgan fingerprint density at radius 1 is 1.27 bits per heavy atom. The number of nitrogens with zero attached hydrogens (tertiary/aromatic N) is 2. The van der Waals surface area contributed by atoms with Crippen LogP contribution in [-0.4, -0.2) is 50.8 Å². The smallest absolute Gasteiger partial charge is 0.240 e. The number of carbonyl (C=O) groups excluding carboxylic acids is 2. The van der Waals surface area contributed by atoms with E-state index in [0.29, 0.717) is 19.5 Å². The Morgan fingerprint density at radius 3 is 2.50 bits per heavy atom. The molecule has 1 N–H and O–H groups in total.